The van der Waals surface area contributed by atoms with Crippen molar-refractivity contribution in [2.24, 2.45) is 22.1 Å². The summed E-state index contributed by atoms with van der Waals surface area (Å²) in [5, 5.41) is 0. The third-order valence-electron chi connectivity index (χ3n) is 5.30. The van der Waals surface area contributed by atoms with Crippen LogP contribution in [0.1, 0.15) is 33.1 Å². The van der Waals surface area contributed by atoms with Gasteiger partial charge >= 0.3 is 0 Å². The second-order valence-corrected chi connectivity index (χ2v) is 7.31. The number of guanidine groups is 1. The quantitative estimate of drug-likeness (QED) is 0.677. The van der Waals surface area contributed by atoms with Gasteiger partial charge in [0.1, 0.15) is 0 Å². The predicted octanol–water partition coefficient (Wildman–Crippen LogP) is 1.74. The van der Waals surface area contributed by atoms with Gasteiger partial charge in [0, 0.05) is 45.1 Å². The monoisotopic (exact) mass is 316 g/mol. The van der Waals surface area contributed by atoms with Gasteiger partial charge in [-0.05, 0) is 30.2 Å². The molecule has 6 nitrogen and oxygen atoms in total. The second kappa shape index (κ2) is 6.72. The lowest BCUT2D eigenvalue weighted by Gasteiger charge is -2.40. The summed E-state index contributed by atoms with van der Waals surface area (Å²) in [4.78, 5) is 17.7. The molecule has 2 heterocycles. The second-order valence-electron chi connectivity index (χ2n) is 7.31. The van der Waals surface area contributed by atoms with Gasteiger partial charge in [0.2, 0.25) is 5.95 Å². The summed E-state index contributed by atoms with van der Waals surface area (Å²) in [6.07, 6.45) is 7.63. The number of aliphatic imine (C=N–C) groups is 1. The Labute approximate surface area is 138 Å². The zero-order valence-electron chi connectivity index (χ0n) is 14.3. The molecular formula is C17H28N6. The minimum Gasteiger partial charge on any atom is -0.370 e. The Kier molecular flexibility index (Phi) is 4.68. The van der Waals surface area contributed by atoms with Crippen LogP contribution in [-0.4, -0.2) is 53.6 Å². The van der Waals surface area contributed by atoms with Crippen LogP contribution >= 0.6 is 0 Å². The highest BCUT2D eigenvalue weighted by atomic mass is 15.3. The Morgan fingerprint density at radius 3 is 2.43 bits per heavy atom. The minimum absolute atomic E-state index is 0.266. The highest BCUT2D eigenvalue weighted by molar-refractivity contribution is 5.78. The molecule has 1 aliphatic carbocycles. The largest absolute Gasteiger partial charge is 0.370 e. The predicted molar refractivity (Wildman–Crippen MR) is 93.4 cm³/mol. The molecule has 23 heavy (non-hydrogen) atoms. The van der Waals surface area contributed by atoms with Crippen molar-refractivity contribution in [2.75, 3.05) is 37.6 Å². The third-order valence-corrected chi connectivity index (χ3v) is 5.30. The number of nitrogens with two attached hydrogens (primary N) is 1. The average molecular weight is 316 g/mol. The topological polar surface area (TPSA) is 70.6 Å². The molecule has 6 heteroatoms. The third kappa shape index (κ3) is 3.74. The molecular weight excluding hydrogens is 288 g/mol. The molecule has 1 aromatic rings. The van der Waals surface area contributed by atoms with E-state index >= 15 is 0 Å². The summed E-state index contributed by atoms with van der Waals surface area (Å²) >= 11 is 0. The van der Waals surface area contributed by atoms with E-state index in [1.807, 2.05) is 6.07 Å². The molecule has 1 aliphatic heterocycles. The lowest BCUT2D eigenvalue weighted by atomic mass is 9.67. The lowest BCUT2D eigenvalue weighted by molar-refractivity contribution is 0.129. The van der Waals surface area contributed by atoms with Crippen molar-refractivity contribution in [3.63, 3.8) is 0 Å². The van der Waals surface area contributed by atoms with E-state index in [2.05, 4.69) is 33.6 Å². The van der Waals surface area contributed by atoms with Gasteiger partial charge in [-0.2, -0.15) is 0 Å². The van der Waals surface area contributed by atoms with E-state index in [1.165, 1.54) is 19.3 Å². The number of aromatic nitrogens is 2. The molecule has 0 amide bonds. The maximum absolute atomic E-state index is 6.23. The Balaban J connectivity index is 1.51. The maximum atomic E-state index is 6.23. The van der Waals surface area contributed by atoms with E-state index in [4.69, 9.17) is 10.7 Å². The molecule has 2 fully saturated rings. The van der Waals surface area contributed by atoms with E-state index in [1.54, 1.807) is 12.4 Å². The number of hydrogen-bond acceptors (Lipinski definition) is 4. The zero-order valence-corrected chi connectivity index (χ0v) is 14.3. The molecule has 1 aromatic heterocycles. The number of rotatable bonds is 4. The number of nitrogens with zero attached hydrogens (tertiary/aromatic N) is 5. The van der Waals surface area contributed by atoms with E-state index in [0.717, 1.165) is 44.6 Å². The molecule has 0 bridgehead atoms. The van der Waals surface area contributed by atoms with Crippen molar-refractivity contribution in [3.8, 4) is 0 Å². The molecule has 1 saturated carbocycles. The summed E-state index contributed by atoms with van der Waals surface area (Å²) < 4.78 is 0. The molecule has 0 atom stereocenters. The first-order valence-corrected chi connectivity index (χ1v) is 8.63. The van der Waals surface area contributed by atoms with Crippen LogP contribution in [0.2, 0.25) is 0 Å². The van der Waals surface area contributed by atoms with Crippen LogP contribution in [0.5, 0.6) is 0 Å². The van der Waals surface area contributed by atoms with Gasteiger partial charge in [-0.1, -0.05) is 20.3 Å². The SMILES string of the molecule is CC(C)(CN=C(N)N1CCN(c2ncccn2)CC1)C1CCC1. The lowest BCUT2D eigenvalue weighted by Crippen LogP contribution is -2.51. The van der Waals surface area contributed by atoms with E-state index in [0.29, 0.717) is 5.96 Å². The summed E-state index contributed by atoms with van der Waals surface area (Å²) in [6, 6.07) is 1.84. The molecule has 0 radical (unpaired) electrons. The van der Waals surface area contributed by atoms with Gasteiger partial charge in [-0.25, -0.2) is 9.97 Å². The Hall–Kier alpha value is -1.85. The van der Waals surface area contributed by atoms with Crippen LogP contribution in [0.3, 0.4) is 0 Å². The van der Waals surface area contributed by atoms with Gasteiger partial charge in [-0.15, -0.1) is 0 Å². The summed E-state index contributed by atoms with van der Waals surface area (Å²) in [6.45, 7) is 8.97. The molecule has 0 unspecified atom stereocenters. The number of piperazine rings is 1. The average Bonchev–Trinajstić information content (AvgIpc) is 2.52. The maximum Gasteiger partial charge on any atom is 0.225 e. The Morgan fingerprint density at radius 1 is 1.22 bits per heavy atom. The van der Waals surface area contributed by atoms with Gasteiger partial charge in [-0.3, -0.25) is 4.99 Å². The van der Waals surface area contributed by atoms with Crippen molar-refractivity contribution in [2.45, 2.75) is 33.1 Å². The normalized spacial score (nSPS) is 20.5. The van der Waals surface area contributed by atoms with Gasteiger partial charge in [0.15, 0.2) is 5.96 Å². The van der Waals surface area contributed by atoms with Gasteiger partial charge < -0.3 is 15.5 Å². The smallest absolute Gasteiger partial charge is 0.225 e. The van der Waals surface area contributed by atoms with E-state index in [-0.39, 0.29) is 5.41 Å². The molecule has 3 rings (SSSR count). The highest BCUT2D eigenvalue weighted by Crippen LogP contribution is 2.41. The molecule has 0 spiro atoms. The zero-order chi connectivity index (χ0) is 16.3. The van der Waals surface area contributed by atoms with Crippen LogP contribution < -0.4 is 10.6 Å². The Morgan fingerprint density at radius 2 is 1.87 bits per heavy atom. The fraction of sp³-hybridized carbons (Fsp3) is 0.706. The standard InChI is InChI=1S/C17H28N6/c1-17(2,14-5-3-6-14)13-21-15(18)22-9-11-23(12-10-22)16-19-7-4-8-20-16/h4,7-8,14H,3,5-6,9-13H2,1-2H3,(H2,18,21). The number of hydrogen-bond donors (Lipinski definition) is 1. The minimum atomic E-state index is 0.266. The first-order valence-electron chi connectivity index (χ1n) is 8.63. The van der Waals surface area contributed by atoms with Gasteiger partial charge in [0.05, 0.1) is 0 Å². The number of anilines is 1. The molecule has 126 valence electrons. The summed E-state index contributed by atoms with van der Waals surface area (Å²) in [7, 11) is 0. The molecule has 2 N–H and O–H groups in total. The Bertz CT molecular complexity index is 529. The van der Waals surface area contributed by atoms with Crippen molar-refractivity contribution < 1.29 is 0 Å². The van der Waals surface area contributed by atoms with Crippen LogP contribution in [0, 0.1) is 11.3 Å². The van der Waals surface area contributed by atoms with Gasteiger partial charge in [0.25, 0.3) is 0 Å². The fourth-order valence-electron chi connectivity index (χ4n) is 3.29. The molecule has 0 aromatic carbocycles. The van der Waals surface area contributed by atoms with Crippen LogP contribution in [-0.2, 0) is 0 Å². The van der Waals surface area contributed by atoms with Crippen LogP contribution in [0.25, 0.3) is 0 Å². The highest BCUT2D eigenvalue weighted by Gasteiger charge is 2.33. The van der Waals surface area contributed by atoms with Crippen molar-refractivity contribution >= 4 is 11.9 Å². The molecule has 1 saturated heterocycles. The fourth-order valence-corrected chi connectivity index (χ4v) is 3.29. The summed E-state index contributed by atoms with van der Waals surface area (Å²) in [5.74, 6) is 2.30. The summed E-state index contributed by atoms with van der Waals surface area (Å²) in [5.41, 5.74) is 6.49. The first kappa shape index (κ1) is 16.0. The van der Waals surface area contributed by atoms with E-state index in [9.17, 15) is 0 Å². The molecule has 2 aliphatic rings. The van der Waals surface area contributed by atoms with E-state index < -0.39 is 0 Å². The van der Waals surface area contributed by atoms with Crippen LogP contribution in [0.4, 0.5) is 5.95 Å². The van der Waals surface area contributed by atoms with Crippen LogP contribution in [0.15, 0.2) is 23.5 Å². The van der Waals surface area contributed by atoms with Crippen molar-refractivity contribution in [1.82, 2.24) is 14.9 Å². The van der Waals surface area contributed by atoms with Crippen molar-refractivity contribution in [1.29, 1.82) is 0 Å². The first-order chi connectivity index (χ1) is 11.1. The van der Waals surface area contributed by atoms with Crippen molar-refractivity contribution in [3.05, 3.63) is 18.5 Å².